The lowest BCUT2D eigenvalue weighted by Crippen LogP contribution is -2.48. The smallest absolute Gasteiger partial charge is 0.228 e. The SMILES string of the molecule is CC(=O)N1CCN(c2ccc(Nc3nccc(-c4cnc5ccc(-c6cc7ccccc7n6C)cn45)n3)nc2)CC1. The fraction of sp³-hybridized carbons (Fsp3) is 0.194. The molecule has 5 aromatic heterocycles. The standard InChI is InChI=1S/C31H29N9O/c1-21(41)38-13-15-39(16-14-38)24-8-9-29(33-18-24)36-31-32-12-11-25(35-31)28-19-34-30-10-7-23(20-40(28)30)27-17-22-5-3-4-6-26(22)37(27)2/h3-12,17-20H,13-16H2,1-2H3,(H,32,33,35,36). The van der Waals surface area contributed by atoms with Gasteiger partial charge in [0.2, 0.25) is 11.9 Å². The Bertz CT molecular complexity index is 1880. The topological polar surface area (TPSA) is 96.5 Å². The van der Waals surface area contributed by atoms with Crippen LogP contribution < -0.4 is 10.2 Å². The first kappa shape index (κ1) is 24.8. The van der Waals surface area contributed by atoms with E-state index in [1.807, 2.05) is 41.6 Å². The molecule has 1 amide bonds. The number of benzene rings is 1. The second-order valence-corrected chi connectivity index (χ2v) is 10.2. The van der Waals surface area contributed by atoms with Crippen LogP contribution >= 0.6 is 0 Å². The zero-order chi connectivity index (χ0) is 27.9. The molecule has 1 fully saturated rings. The average Bonchev–Trinajstić information content (AvgIpc) is 3.58. The van der Waals surface area contributed by atoms with Gasteiger partial charge in [-0.3, -0.25) is 9.20 Å². The first-order chi connectivity index (χ1) is 20.0. The second kappa shape index (κ2) is 10.1. The van der Waals surface area contributed by atoms with Crippen molar-refractivity contribution in [2.24, 2.45) is 7.05 Å². The van der Waals surface area contributed by atoms with E-state index in [4.69, 9.17) is 4.98 Å². The number of nitrogens with one attached hydrogen (secondary N) is 1. The minimum Gasteiger partial charge on any atom is -0.367 e. The Hall–Kier alpha value is -5.25. The molecule has 7 rings (SSSR count). The Labute approximate surface area is 236 Å². The van der Waals surface area contributed by atoms with E-state index < -0.39 is 0 Å². The van der Waals surface area contributed by atoms with E-state index in [9.17, 15) is 4.79 Å². The van der Waals surface area contributed by atoms with Gasteiger partial charge in [0.05, 0.1) is 35.2 Å². The van der Waals surface area contributed by atoms with E-state index in [1.54, 1.807) is 13.1 Å². The summed E-state index contributed by atoms with van der Waals surface area (Å²) in [7, 11) is 2.09. The Morgan fingerprint density at radius 3 is 2.51 bits per heavy atom. The maximum absolute atomic E-state index is 11.6. The molecule has 10 nitrogen and oxygen atoms in total. The summed E-state index contributed by atoms with van der Waals surface area (Å²) in [4.78, 5) is 34.1. The number of amides is 1. The summed E-state index contributed by atoms with van der Waals surface area (Å²) in [6, 6.07) is 20.6. The number of hydrogen-bond donors (Lipinski definition) is 1. The van der Waals surface area contributed by atoms with Crippen LogP contribution in [0.2, 0.25) is 0 Å². The lowest BCUT2D eigenvalue weighted by Gasteiger charge is -2.35. The minimum absolute atomic E-state index is 0.124. The van der Waals surface area contributed by atoms with Gasteiger partial charge in [-0.1, -0.05) is 18.2 Å². The molecule has 1 aromatic carbocycles. The monoisotopic (exact) mass is 543 g/mol. The summed E-state index contributed by atoms with van der Waals surface area (Å²) in [5, 5.41) is 4.44. The molecule has 0 saturated carbocycles. The molecule has 0 unspecified atom stereocenters. The number of pyridine rings is 2. The predicted molar refractivity (Wildman–Crippen MR) is 160 cm³/mol. The number of carbonyl (C=O) groups is 1. The number of nitrogens with zero attached hydrogens (tertiary/aromatic N) is 8. The number of hydrogen-bond acceptors (Lipinski definition) is 7. The highest BCUT2D eigenvalue weighted by Crippen LogP contribution is 2.29. The van der Waals surface area contributed by atoms with Crippen LogP contribution in [0.1, 0.15) is 6.92 Å². The molecule has 6 aromatic rings. The fourth-order valence-corrected chi connectivity index (χ4v) is 5.49. The Balaban J connectivity index is 1.12. The lowest BCUT2D eigenvalue weighted by atomic mass is 10.2. The van der Waals surface area contributed by atoms with Gasteiger partial charge in [0.25, 0.3) is 0 Å². The maximum Gasteiger partial charge on any atom is 0.228 e. The van der Waals surface area contributed by atoms with E-state index >= 15 is 0 Å². The van der Waals surface area contributed by atoms with Crippen molar-refractivity contribution in [1.29, 1.82) is 0 Å². The van der Waals surface area contributed by atoms with Gasteiger partial charge in [0.15, 0.2) is 0 Å². The van der Waals surface area contributed by atoms with Crippen LogP contribution in [0.25, 0.3) is 39.2 Å². The quantitative estimate of drug-likeness (QED) is 0.335. The van der Waals surface area contributed by atoms with Gasteiger partial charge in [0.1, 0.15) is 11.5 Å². The van der Waals surface area contributed by atoms with Crippen molar-refractivity contribution in [2.45, 2.75) is 6.92 Å². The van der Waals surface area contributed by atoms with Crippen molar-refractivity contribution in [3.05, 3.63) is 85.5 Å². The number of aromatic nitrogens is 6. The molecule has 1 aliphatic heterocycles. The summed E-state index contributed by atoms with van der Waals surface area (Å²) < 4.78 is 4.28. The predicted octanol–water partition coefficient (Wildman–Crippen LogP) is 4.76. The highest BCUT2D eigenvalue weighted by molar-refractivity contribution is 5.87. The normalized spacial score (nSPS) is 13.7. The fourth-order valence-electron chi connectivity index (χ4n) is 5.49. The molecule has 10 heteroatoms. The number of para-hydroxylation sites is 1. The summed E-state index contributed by atoms with van der Waals surface area (Å²) in [6.07, 6.45) is 7.53. The number of anilines is 3. The Morgan fingerprint density at radius 2 is 1.73 bits per heavy atom. The molecule has 204 valence electrons. The minimum atomic E-state index is 0.124. The van der Waals surface area contributed by atoms with Gasteiger partial charge >= 0.3 is 0 Å². The van der Waals surface area contributed by atoms with Gasteiger partial charge < -0.3 is 19.7 Å². The van der Waals surface area contributed by atoms with Crippen molar-refractivity contribution in [3.8, 4) is 22.6 Å². The molecule has 0 atom stereocenters. The van der Waals surface area contributed by atoms with Crippen LogP contribution in [0, 0.1) is 0 Å². The zero-order valence-corrected chi connectivity index (χ0v) is 22.9. The molecule has 0 radical (unpaired) electrons. The van der Waals surface area contributed by atoms with Crippen LogP contribution in [0.4, 0.5) is 17.5 Å². The molecular formula is C31H29N9O. The van der Waals surface area contributed by atoms with Crippen molar-refractivity contribution in [3.63, 3.8) is 0 Å². The number of carbonyl (C=O) groups excluding carboxylic acids is 1. The third-order valence-corrected chi connectivity index (χ3v) is 7.75. The molecular weight excluding hydrogens is 514 g/mol. The number of rotatable bonds is 5. The van der Waals surface area contributed by atoms with E-state index in [0.717, 1.165) is 60.2 Å². The number of piperazine rings is 1. The van der Waals surface area contributed by atoms with Crippen LogP contribution in [-0.4, -0.2) is 65.9 Å². The van der Waals surface area contributed by atoms with Gasteiger partial charge in [-0.05, 0) is 42.5 Å². The molecule has 0 spiro atoms. The molecule has 1 saturated heterocycles. The first-order valence-corrected chi connectivity index (χ1v) is 13.6. The lowest BCUT2D eigenvalue weighted by molar-refractivity contribution is -0.129. The van der Waals surface area contributed by atoms with Crippen molar-refractivity contribution in [2.75, 3.05) is 36.4 Å². The first-order valence-electron chi connectivity index (χ1n) is 13.6. The van der Waals surface area contributed by atoms with E-state index in [1.165, 1.54) is 10.9 Å². The van der Waals surface area contributed by atoms with Gasteiger partial charge in [-0.2, -0.15) is 0 Å². The van der Waals surface area contributed by atoms with Gasteiger partial charge in [-0.15, -0.1) is 0 Å². The second-order valence-electron chi connectivity index (χ2n) is 10.2. The molecule has 41 heavy (non-hydrogen) atoms. The third-order valence-electron chi connectivity index (χ3n) is 7.75. The summed E-state index contributed by atoms with van der Waals surface area (Å²) in [5.41, 5.74) is 6.92. The highest BCUT2D eigenvalue weighted by atomic mass is 16.2. The average molecular weight is 544 g/mol. The van der Waals surface area contributed by atoms with Crippen molar-refractivity contribution >= 4 is 39.9 Å². The van der Waals surface area contributed by atoms with Crippen LogP contribution in [0.5, 0.6) is 0 Å². The number of imidazole rings is 1. The summed E-state index contributed by atoms with van der Waals surface area (Å²) in [6.45, 7) is 4.65. The van der Waals surface area contributed by atoms with Gasteiger partial charge in [-0.25, -0.2) is 19.9 Å². The molecule has 0 bridgehead atoms. The van der Waals surface area contributed by atoms with Gasteiger partial charge in [0, 0.05) is 69.0 Å². The van der Waals surface area contributed by atoms with Crippen LogP contribution in [-0.2, 0) is 11.8 Å². The Kier molecular flexibility index (Phi) is 6.07. The van der Waals surface area contributed by atoms with E-state index in [-0.39, 0.29) is 5.91 Å². The third kappa shape index (κ3) is 4.63. The summed E-state index contributed by atoms with van der Waals surface area (Å²) in [5.74, 6) is 1.24. The Morgan fingerprint density at radius 1 is 0.878 bits per heavy atom. The molecule has 0 aliphatic carbocycles. The number of aryl methyl sites for hydroxylation is 1. The van der Waals surface area contributed by atoms with Crippen LogP contribution in [0.15, 0.2) is 85.5 Å². The molecule has 6 heterocycles. The van der Waals surface area contributed by atoms with Crippen molar-refractivity contribution in [1.82, 2.24) is 33.8 Å². The maximum atomic E-state index is 11.6. The molecule has 1 aliphatic rings. The van der Waals surface area contributed by atoms with E-state index in [0.29, 0.717) is 11.8 Å². The number of fused-ring (bicyclic) bond motifs is 2. The summed E-state index contributed by atoms with van der Waals surface area (Å²) >= 11 is 0. The highest BCUT2D eigenvalue weighted by Gasteiger charge is 2.19. The zero-order valence-electron chi connectivity index (χ0n) is 22.9. The molecule has 1 N–H and O–H groups in total. The largest absolute Gasteiger partial charge is 0.367 e. The van der Waals surface area contributed by atoms with Crippen LogP contribution in [0.3, 0.4) is 0 Å². The van der Waals surface area contributed by atoms with E-state index in [2.05, 4.69) is 83.8 Å². The van der Waals surface area contributed by atoms with Crippen molar-refractivity contribution < 1.29 is 4.79 Å².